The summed E-state index contributed by atoms with van der Waals surface area (Å²) in [5.41, 5.74) is 1.41. The Morgan fingerprint density at radius 1 is 1.45 bits per heavy atom. The lowest BCUT2D eigenvalue weighted by molar-refractivity contribution is 0.0963. The molecule has 0 unspecified atom stereocenters. The molecule has 1 aliphatic carbocycles. The summed E-state index contributed by atoms with van der Waals surface area (Å²) in [7, 11) is 1.54. The second kappa shape index (κ2) is 5.85. The van der Waals surface area contributed by atoms with Crippen molar-refractivity contribution < 1.29 is 13.6 Å². The van der Waals surface area contributed by atoms with Crippen molar-refractivity contribution in [2.75, 3.05) is 7.05 Å². The summed E-state index contributed by atoms with van der Waals surface area (Å²) in [5.74, 6) is -0.0780. The van der Waals surface area contributed by atoms with Crippen LogP contribution < -0.4 is 5.32 Å². The fourth-order valence-electron chi connectivity index (χ4n) is 2.36. The first-order valence-corrected chi connectivity index (χ1v) is 7.74. The van der Waals surface area contributed by atoms with E-state index in [4.69, 9.17) is 16.0 Å². The van der Waals surface area contributed by atoms with Crippen LogP contribution in [-0.2, 0) is 0 Å². The molecule has 1 amide bonds. The number of carbonyl (C=O) groups is 1. The molecule has 1 N–H and O–H groups in total. The topological polar surface area (TPSA) is 55.1 Å². The van der Waals surface area contributed by atoms with Crippen molar-refractivity contribution in [1.29, 1.82) is 0 Å². The minimum Gasteiger partial charge on any atom is -0.437 e. The fourth-order valence-corrected chi connectivity index (χ4v) is 2.80. The number of pyridine rings is 1. The van der Waals surface area contributed by atoms with Crippen molar-refractivity contribution in [2.45, 2.75) is 12.8 Å². The summed E-state index contributed by atoms with van der Waals surface area (Å²) in [6.45, 7) is 0. The van der Waals surface area contributed by atoms with Gasteiger partial charge in [-0.15, -0.1) is 0 Å². The highest BCUT2D eigenvalue weighted by molar-refractivity contribution is 9.10. The van der Waals surface area contributed by atoms with E-state index in [9.17, 15) is 9.18 Å². The van der Waals surface area contributed by atoms with Gasteiger partial charge in [0.1, 0.15) is 16.7 Å². The first-order chi connectivity index (χ1) is 10.5. The highest BCUT2D eigenvalue weighted by Crippen LogP contribution is 2.37. The van der Waals surface area contributed by atoms with E-state index in [1.54, 1.807) is 12.1 Å². The largest absolute Gasteiger partial charge is 0.437 e. The Kier molecular flexibility index (Phi) is 4.06. The number of nitrogens with one attached hydrogen (secondary N) is 1. The Hall–Kier alpha value is -1.66. The van der Waals surface area contributed by atoms with E-state index in [0.717, 1.165) is 5.57 Å². The number of allylic oxidation sites excluding steroid dienone is 4. The maximum absolute atomic E-state index is 13.2. The summed E-state index contributed by atoms with van der Waals surface area (Å²) < 4.78 is 19.5. The van der Waals surface area contributed by atoms with Crippen LogP contribution in [0.1, 0.15) is 29.0 Å². The van der Waals surface area contributed by atoms with E-state index in [1.165, 1.54) is 13.1 Å². The molecule has 3 rings (SSSR count). The maximum Gasteiger partial charge on any atom is 0.255 e. The highest BCUT2D eigenvalue weighted by Gasteiger charge is 2.25. The molecule has 0 aliphatic heterocycles. The second-order valence-corrected chi connectivity index (χ2v) is 6.02. The smallest absolute Gasteiger partial charge is 0.255 e. The van der Waals surface area contributed by atoms with Crippen molar-refractivity contribution in [3.63, 3.8) is 0 Å². The molecule has 0 radical (unpaired) electrons. The molecule has 7 heteroatoms. The molecule has 1 aliphatic rings. The number of aromatic nitrogens is 1. The molecule has 2 aromatic heterocycles. The van der Waals surface area contributed by atoms with Gasteiger partial charge in [-0.25, -0.2) is 4.39 Å². The molecule has 0 fully saturated rings. The quantitative estimate of drug-likeness (QED) is 0.767. The number of amides is 1. The van der Waals surface area contributed by atoms with Crippen LogP contribution in [0.2, 0.25) is 5.15 Å². The molecule has 2 aromatic rings. The molecule has 0 saturated heterocycles. The Balaban J connectivity index is 2.27. The Morgan fingerprint density at radius 3 is 2.86 bits per heavy atom. The molecule has 22 heavy (non-hydrogen) atoms. The molecule has 0 spiro atoms. The van der Waals surface area contributed by atoms with Gasteiger partial charge in [-0.3, -0.25) is 4.79 Å². The number of fused-ring (bicyclic) bond motifs is 1. The monoisotopic (exact) mass is 384 g/mol. The molecule has 4 nitrogen and oxygen atoms in total. The van der Waals surface area contributed by atoms with Gasteiger partial charge in [-0.2, -0.15) is 4.98 Å². The standard InChI is InChI=1S/C15H11BrClFN2O2/c1-19-14(21)11-9-6-10(16)13(17)20-15(9)22-12(11)7-2-4-8(18)5-3-7/h2,4,6H,3,5H2,1H3,(H,19,21). The van der Waals surface area contributed by atoms with Crippen molar-refractivity contribution in [3.05, 3.63) is 45.0 Å². The van der Waals surface area contributed by atoms with Crippen LogP contribution in [0.15, 0.2) is 32.9 Å². The Morgan fingerprint density at radius 2 is 2.23 bits per heavy atom. The minimum absolute atomic E-state index is 0.190. The maximum atomic E-state index is 13.2. The molecule has 0 bridgehead atoms. The van der Waals surface area contributed by atoms with Crippen molar-refractivity contribution in [3.8, 4) is 0 Å². The first-order valence-electron chi connectivity index (χ1n) is 6.57. The first kappa shape index (κ1) is 15.2. The minimum atomic E-state index is -0.291. The number of carbonyl (C=O) groups excluding carboxylic acids is 1. The van der Waals surface area contributed by atoms with Gasteiger partial charge in [0.15, 0.2) is 0 Å². The summed E-state index contributed by atoms with van der Waals surface area (Å²) >= 11 is 9.27. The molecular weight excluding hydrogens is 375 g/mol. The second-order valence-electron chi connectivity index (χ2n) is 4.80. The van der Waals surface area contributed by atoms with E-state index >= 15 is 0 Å². The third-order valence-electron chi connectivity index (χ3n) is 3.44. The average Bonchev–Trinajstić information content (AvgIpc) is 2.86. The summed E-state index contributed by atoms with van der Waals surface area (Å²) in [6.07, 6.45) is 3.75. The third kappa shape index (κ3) is 2.57. The van der Waals surface area contributed by atoms with Gasteiger partial charge in [0.2, 0.25) is 5.71 Å². The third-order valence-corrected chi connectivity index (χ3v) is 4.56. The van der Waals surface area contributed by atoms with Gasteiger partial charge >= 0.3 is 0 Å². The van der Waals surface area contributed by atoms with E-state index in [1.807, 2.05) is 0 Å². The van der Waals surface area contributed by atoms with E-state index < -0.39 is 0 Å². The van der Waals surface area contributed by atoms with Gasteiger partial charge in [0.25, 0.3) is 5.91 Å². The number of halogens is 3. The number of hydrogen-bond acceptors (Lipinski definition) is 3. The zero-order chi connectivity index (χ0) is 15.9. The SMILES string of the molecule is CNC(=O)c1c(C2=CC=C(F)CC2)oc2nc(Cl)c(Br)cc12. The van der Waals surface area contributed by atoms with Crippen LogP contribution in [0.25, 0.3) is 16.7 Å². The zero-order valence-electron chi connectivity index (χ0n) is 11.5. The van der Waals surface area contributed by atoms with Crippen LogP contribution in [0.4, 0.5) is 4.39 Å². The van der Waals surface area contributed by atoms with Gasteiger partial charge in [0.05, 0.1) is 15.4 Å². The molecular formula is C15H11BrClFN2O2. The predicted molar refractivity (Wildman–Crippen MR) is 86.5 cm³/mol. The molecule has 114 valence electrons. The van der Waals surface area contributed by atoms with Gasteiger partial charge in [-0.1, -0.05) is 17.7 Å². The van der Waals surface area contributed by atoms with Gasteiger partial charge in [0, 0.05) is 13.5 Å². The lowest BCUT2D eigenvalue weighted by Crippen LogP contribution is -2.18. The lowest BCUT2D eigenvalue weighted by atomic mass is 9.98. The van der Waals surface area contributed by atoms with Gasteiger partial charge < -0.3 is 9.73 Å². The Labute approximate surface area is 139 Å². The molecule has 0 saturated carbocycles. The molecule has 2 heterocycles. The van der Waals surface area contributed by atoms with Crippen molar-refractivity contribution >= 4 is 50.1 Å². The van der Waals surface area contributed by atoms with Crippen LogP contribution in [0.5, 0.6) is 0 Å². The summed E-state index contributed by atoms with van der Waals surface area (Å²) in [5, 5.41) is 3.40. The Bertz CT molecular complexity index is 842. The number of furan rings is 1. The highest BCUT2D eigenvalue weighted by atomic mass is 79.9. The molecule has 0 aromatic carbocycles. The van der Waals surface area contributed by atoms with Crippen LogP contribution >= 0.6 is 27.5 Å². The zero-order valence-corrected chi connectivity index (χ0v) is 13.9. The molecule has 0 atom stereocenters. The summed E-state index contributed by atoms with van der Waals surface area (Å²) in [6, 6.07) is 1.70. The van der Waals surface area contributed by atoms with Crippen molar-refractivity contribution in [1.82, 2.24) is 10.3 Å². The lowest BCUT2D eigenvalue weighted by Gasteiger charge is -2.09. The normalized spacial score (nSPS) is 14.7. The van der Waals surface area contributed by atoms with Gasteiger partial charge in [-0.05, 0) is 40.1 Å². The summed E-state index contributed by atoms with van der Waals surface area (Å²) in [4.78, 5) is 16.4. The number of rotatable bonds is 2. The number of hydrogen-bond donors (Lipinski definition) is 1. The predicted octanol–water partition coefficient (Wildman–Crippen LogP) is 4.63. The van der Waals surface area contributed by atoms with Crippen LogP contribution in [0.3, 0.4) is 0 Å². The van der Waals surface area contributed by atoms with E-state index in [-0.39, 0.29) is 29.0 Å². The van der Waals surface area contributed by atoms with Crippen LogP contribution in [0, 0.1) is 0 Å². The van der Waals surface area contributed by atoms with E-state index in [0.29, 0.717) is 27.6 Å². The van der Waals surface area contributed by atoms with Crippen molar-refractivity contribution in [2.24, 2.45) is 0 Å². The van der Waals surface area contributed by atoms with E-state index in [2.05, 4.69) is 26.2 Å². The van der Waals surface area contributed by atoms with Crippen LogP contribution in [-0.4, -0.2) is 17.9 Å². The average molecular weight is 386 g/mol. The fraction of sp³-hybridized carbons (Fsp3) is 0.200. The number of nitrogens with zero attached hydrogens (tertiary/aromatic N) is 1.